The maximum atomic E-state index is 9.97. The Morgan fingerprint density at radius 2 is 1.78 bits per heavy atom. The predicted molar refractivity (Wildman–Crippen MR) is 99.7 cm³/mol. The van der Waals surface area contributed by atoms with Crippen LogP contribution in [0.5, 0.6) is 0 Å². The number of anilines is 1. The predicted octanol–water partition coefficient (Wildman–Crippen LogP) is 3.41. The summed E-state index contributed by atoms with van der Waals surface area (Å²) in [6, 6.07) is 1.71. The molecule has 1 aliphatic rings. The lowest BCUT2D eigenvalue weighted by atomic mass is 9.80. The van der Waals surface area contributed by atoms with Crippen LogP contribution >= 0.6 is 34.3 Å². The zero-order valence-electron chi connectivity index (χ0n) is 14.0. The van der Waals surface area contributed by atoms with E-state index in [0.29, 0.717) is 11.2 Å². The summed E-state index contributed by atoms with van der Waals surface area (Å²) in [7, 11) is -3.58. The number of aromatic nitrogens is 1. The molecule has 1 aromatic rings. The van der Waals surface area contributed by atoms with Crippen LogP contribution in [-0.2, 0) is 9.31 Å². The average Bonchev–Trinajstić information content (AvgIpc) is 2.60. The molecule has 6 nitrogen and oxygen atoms in total. The number of halogens is 1. The number of hydrogen-bond acceptors (Lipinski definition) is 7. The maximum Gasteiger partial charge on any atom is 0.496 e. The van der Waals surface area contributed by atoms with Gasteiger partial charge in [0.1, 0.15) is 5.69 Å². The number of rotatable bonds is 4. The van der Waals surface area contributed by atoms with Crippen molar-refractivity contribution in [3.63, 3.8) is 0 Å². The molecule has 0 spiro atoms. The van der Waals surface area contributed by atoms with E-state index in [4.69, 9.17) is 20.9 Å². The van der Waals surface area contributed by atoms with Gasteiger partial charge in [-0.05, 0) is 45.7 Å². The van der Waals surface area contributed by atoms with Crippen LogP contribution in [0.2, 0.25) is 5.15 Å². The lowest BCUT2D eigenvalue weighted by Gasteiger charge is -2.39. The van der Waals surface area contributed by atoms with Gasteiger partial charge in [-0.3, -0.25) is 9.11 Å². The van der Waals surface area contributed by atoms with E-state index >= 15 is 0 Å². The molecule has 0 atom stereocenters. The average molecular weight is 381 g/mol. The van der Waals surface area contributed by atoms with Crippen molar-refractivity contribution < 1.29 is 18.4 Å². The highest BCUT2D eigenvalue weighted by Gasteiger charge is 2.52. The Hall–Kier alpha value is -0.155. The van der Waals surface area contributed by atoms with Gasteiger partial charge in [-0.1, -0.05) is 11.6 Å². The van der Waals surface area contributed by atoms with Crippen LogP contribution in [0.1, 0.15) is 27.7 Å². The van der Waals surface area contributed by atoms with Crippen LogP contribution in [0, 0.1) is 0 Å². The van der Waals surface area contributed by atoms with Gasteiger partial charge >= 0.3 is 7.12 Å². The molecule has 0 amide bonds. The second-order valence-electron chi connectivity index (χ2n) is 6.40. The molecule has 130 valence electrons. The summed E-state index contributed by atoms with van der Waals surface area (Å²) in [5, 5.41) is 0.182. The molecule has 1 aromatic heterocycles. The molecule has 23 heavy (non-hydrogen) atoms. The molecular formula is C13H22BClN2O4S2. The van der Waals surface area contributed by atoms with E-state index in [1.165, 1.54) is 9.97 Å². The van der Waals surface area contributed by atoms with E-state index in [1.54, 1.807) is 18.5 Å². The lowest BCUT2D eigenvalue weighted by Crippen LogP contribution is -2.41. The molecule has 0 aromatic carbocycles. The first-order valence-corrected chi connectivity index (χ1v) is 10.4. The SMILES string of the molecule is CSN(c1cc(B2OC(C)(C)C(C)(C)O2)cnc1Cl)S(C)(O)O. The minimum absolute atomic E-state index is 0.182. The van der Waals surface area contributed by atoms with Gasteiger partial charge in [-0.25, -0.2) is 8.69 Å². The van der Waals surface area contributed by atoms with Gasteiger partial charge in [0.25, 0.3) is 0 Å². The molecule has 1 fully saturated rings. The first-order valence-electron chi connectivity index (χ1n) is 6.98. The van der Waals surface area contributed by atoms with Crippen molar-refractivity contribution in [2.24, 2.45) is 0 Å². The topological polar surface area (TPSA) is 75.1 Å². The molecule has 2 N–H and O–H groups in total. The van der Waals surface area contributed by atoms with Gasteiger partial charge in [0.15, 0.2) is 5.15 Å². The zero-order chi connectivity index (χ0) is 17.6. The minimum Gasteiger partial charge on any atom is -0.399 e. The third-order valence-corrected chi connectivity index (χ3v) is 6.98. The second kappa shape index (κ2) is 6.29. The highest BCUT2D eigenvalue weighted by molar-refractivity contribution is 8.33. The molecule has 0 aliphatic carbocycles. The Morgan fingerprint density at radius 1 is 1.26 bits per heavy atom. The first-order chi connectivity index (χ1) is 10.4. The van der Waals surface area contributed by atoms with E-state index in [-0.39, 0.29) is 5.15 Å². The van der Waals surface area contributed by atoms with Crippen molar-refractivity contribution in [1.82, 2.24) is 4.98 Å². The number of hydrogen-bond donors (Lipinski definition) is 2. The molecule has 1 aliphatic heterocycles. The maximum absolute atomic E-state index is 9.97. The fraction of sp³-hybridized carbons (Fsp3) is 0.615. The lowest BCUT2D eigenvalue weighted by molar-refractivity contribution is 0.00578. The van der Waals surface area contributed by atoms with Crippen molar-refractivity contribution >= 4 is 52.6 Å². The summed E-state index contributed by atoms with van der Waals surface area (Å²) in [4.78, 5) is 4.14. The van der Waals surface area contributed by atoms with Gasteiger partial charge in [0.05, 0.1) is 11.2 Å². The van der Waals surface area contributed by atoms with Crippen molar-refractivity contribution in [2.75, 3.05) is 16.2 Å². The molecule has 1 saturated heterocycles. The third kappa shape index (κ3) is 3.76. The Kier molecular flexibility index (Phi) is 5.24. The fourth-order valence-electron chi connectivity index (χ4n) is 2.11. The minimum atomic E-state index is -2.99. The first kappa shape index (κ1) is 19.2. The highest BCUT2D eigenvalue weighted by Crippen LogP contribution is 2.48. The van der Waals surface area contributed by atoms with Crippen LogP contribution in [0.25, 0.3) is 0 Å². The van der Waals surface area contributed by atoms with Gasteiger partial charge in [-0.15, -0.1) is 10.8 Å². The third-order valence-electron chi connectivity index (χ3n) is 4.04. The van der Waals surface area contributed by atoms with Crippen molar-refractivity contribution in [3.05, 3.63) is 17.4 Å². The number of pyridine rings is 1. The standard InChI is InChI=1S/C13H22BClN2O4S2/c1-12(2)13(3,4)21-14(20-12)9-7-10(11(15)16-8-9)17(22-5)23(6,18)19/h7-8,18-19H,1-6H3. The molecule has 2 heterocycles. The summed E-state index contributed by atoms with van der Waals surface area (Å²) in [6.45, 7) is 7.87. The van der Waals surface area contributed by atoms with Crippen LogP contribution in [0.4, 0.5) is 5.69 Å². The Morgan fingerprint density at radius 3 is 2.22 bits per heavy atom. The molecule has 0 bridgehead atoms. The van der Waals surface area contributed by atoms with Crippen LogP contribution in [0.3, 0.4) is 0 Å². The van der Waals surface area contributed by atoms with Crippen LogP contribution < -0.4 is 9.17 Å². The highest BCUT2D eigenvalue weighted by atomic mass is 35.5. The van der Waals surface area contributed by atoms with E-state index in [0.717, 1.165) is 11.9 Å². The molecular weight excluding hydrogens is 359 g/mol. The van der Waals surface area contributed by atoms with E-state index in [9.17, 15) is 9.11 Å². The van der Waals surface area contributed by atoms with Crippen molar-refractivity contribution in [1.29, 1.82) is 0 Å². The summed E-state index contributed by atoms with van der Waals surface area (Å²) >= 11 is 7.30. The summed E-state index contributed by atoms with van der Waals surface area (Å²) < 4.78 is 33.3. The molecule has 0 radical (unpaired) electrons. The summed E-state index contributed by atoms with van der Waals surface area (Å²) in [6.07, 6.45) is 4.64. The molecule has 2 rings (SSSR count). The van der Waals surface area contributed by atoms with Crippen molar-refractivity contribution in [3.8, 4) is 0 Å². The van der Waals surface area contributed by atoms with Gasteiger partial charge in [0, 0.05) is 24.2 Å². The van der Waals surface area contributed by atoms with Crippen molar-refractivity contribution in [2.45, 2.75) is 38.9 Å². The van der Waals surface area contributed by atoms with Crippen LogP contribution in [0.15, 0.2) is 12.3 Å². The summed E-state index contributed by atoms with van der Waals surface area (Å²) in [5.41, 5.74) is 0.147. The second-order valence-corrected chi connectivity index (χ2v) is 9.67. The normalized spacial score (nSPS) is 20.7. The van der Waals surface area contributed by atoms with E-state index in [2.05, 4.69) is 4.98 Å². The largest absolute Gasteiger partial charge is 0.496 e. The molecule has 0 saturated carbocycles. The van der Waals surface area contributed by atoms with E-state index < -0.39 is 29.1 Å². The fourth-order valence-corrected chi connectivity index (χ4v) is 4.38. The monoisotopic (exact) mass is 380 g/mol. The molecule has 10 heteroatoms. The Bertz CT molecular complexity index is 582. The quantitative estimate of drug-likeness (QED) is 0.471. The Balaban J connectivity index is 2.39. The van der Waals surface area contributed by atoms with Crippen LogP contribution in [-0.4, -0.2) is 44.9 Å². The van der Waals surface area contributed by atoms with Gasteiger partial charge in [0.2, 0.25) is 0 Å². The molecule has 0 unspecified atom stereocenters. The smallest absolute Gasteiger partial charge is 0.399 e. The van der Waals surface area contributed by atoms with Gasteiger partial charge < -0.3 is 9.31 Å². The van der Waals surface area contributed by atoms with Gasteiger partial charge in [-0.2, -0.15) is 0 Å². The number of nitrogens with zero attached hydrogens (tertiary/aromatic N) is 2. The zero-order valence-corrected chi connectivity index (χ0v) is 16.4. The van der Waals surface area contributed by atoms with E-state index in [1.807, 2.05) is 27.7 Å². The Labute approximate surface area is 148 Å². The summed E-state index contributed by atoms with van der Waals surface area (Å²) in [5.74, 6) is 0.